The molecule has 0 unspecified atom stereocenters. The van der Waals surface area contributed by atoms with Crippen molar-refractivity contribution < 1.29 is 4.74 Å². The molecule has 9 heteroatoms. The maximum atomic E-state index is 9.65. The molecule has 3 aromatic heterocycles. The summed E-state index contributed by atoms with van der Waals surface area (Å²) in [6.45, 7) is 7.71. The SMILES string of the molecule is C[C@@H]1COCCN1c1nc(C(C)(C)C#N)c2n[nH]c(-c3ccn[nH]3)c2n1. The minimum absolute atomic E-state index is 0.154. The summed E-state index contributed by atoms with van der Waals surface area (Å²) in [5.74, 6) is 0.591. The highest BCUT2D eigenvalue weighted by Crippen LogP contribution is 2.33. The van der Waals surface area contributed by atoms with Crippen molar-refractivity contribution in [2.75, 3.05) is 24.7 Å². The standard InChI is InChI=1S/C17H20N8O/c1-10-8-26-7-6-25(10)16-20-13-12(11-4-5-19-22-11)23-24-14(13)15(21-16)17(2,3)9-18/h4-5,10H,6-8H2,1-3H3,(H,19,22)(H,23,24)/t10-/m1/s1. The van der Waals surface area contributed by atoms with Crippen LogP contribution in [0.2, 0.25) is 0 Å². The number of aromatic amines is 2. The predicted molar refractivity (Wildman–Crippen MR) is 95.5 cm³/mol. The number of anilines is 1. The molecule has 0 aliphatic carbocycles. The number of hydrogen-bond acceptors (Lipinski definition) is 7. The highest BCUT2D eigenvalue weighted by molar-refractivity contribution is 5.91. The smallest absolute Gasteiger partial charge is 0.226 e. The fraction of sp³-hybridized carbons (Fsp3) is 0.471. The average Bonchev–Trinajstić information content (AvgIpc) is 3.30. The fourth-order valence-electron chi connectivity index (χ4n) is 3.11. The van der Waals surface area contributed by atoms with Gasteiger partial charge < -0.3 is 9.64 Å². The van der Waals surface area contributed by atoms with Crippen LogP contribution in [0.4, 0.5) is 5.95 Å². The Hall–Kier alpha value is -2.99. The van der Waals surface area contributed by atoms with E-state index in [1.54, 1.807) is 6.20 Å². The highest BCUT2D eigenvalue weighted by atomic mass is 16.5. The van der Waals surface area contributed by atoms with Gasteiger partial charge in [-0.05, 0) is 26.8 Å². The Morgan fingerprint density at radius 2 is 2.15 bits per heavy atom. The van der Waals surface area contributed by atoms with Crippen molar-refractivity contribution in [3.8, 4) is 17.5 Å². The van der Waals surface area contributed by atoms with Gasteiger partial charge in [-0.1, -0.05) is 0 Å². The Labute approximate surface area is 150 Å². The van der Waals surface area contributed by atoms with Gasteiger partial charge in [0, 0.05) is 12.7 Å². The molecular weight excluding hydrogens is 332 g/mol. The number of H-pyrrole nitrogens is 2. The van der Waals surface area contributed by atoms with E-state index in [0.717, 1.165) is 11.4 Å². The molecule has 1 fully saturated rings. The maximum Gasteiger partial charge on any atom is 0.226 e. The number of nitriles is 1. The van der Waals surface area contributed by atoms with Crippen LogP contribution < -0.4 is 4.90 Å². The average molecular weight is 352 g/mol. The summed E-state index contributed by atoms with van der Waals surface area (Å²) in [4.78, 5) is 11.6. The van der Waals surface area contributed by atoms with Gasteiger partial charge >= 0.3 is 0 Å². The molecular formula is C17H20N8O. The van der Waals surface area contributed by atoms with Crippen molar-refractivity contribution in [2.24, 2.45) is 0 Å². The van der Waals surface area contributed by atoms with Crippen molar-refractivity contribution in [3.05, 3.63) is 18.0 Å². The van der Waals surface area contributed by atoms with E-state index in [2.05, 4.69) is 38.3 Å². The quantitative estimate of drug-likeness (QED) is 0.737. The first-order chi connectivity index (χ1) is 12.5. The van der Waals surface area contributed by atoms with E-state index in [1.807, 2.05) is 19.9 Å². The summed E-state index contributed by atoms with van der Waals surface area (Å²) in [5, 5.41) is 24.0. The van der Waals surface area contributed by atoms with Crippen LogP contribution >= 0.6 is 0 Å². The molecule has 0 amide bonds. The molecule has 2 N–H and O–H groups in total. The molecule has 3 aromatic rings. The Balaban J connectivity index is 1.96. The van der Waals surface area contributed by atoms with E-state index in [0.29, 0.717) is 42.4 Å². The van der Waals surface area contributed by atoms with Crippen molar-refractivity contribution in [2.45, 2.75) is 32.2 Å². The summed E-state index contributed by atoms with van der Waals surface area (Å²) in [5.41, 5.74) is 2.61. The van der Waals surface area contributed by atoms with E-state index in [-0.39, 0.29) is 6.04 Å². The van der Waals surface area contributed by atoms with Gasteiger partial charge in [-0.25, -0.2) is 9.97 Å². The molecule has 1 atom stereocenters. The molecule has 0 saturated carbocycles. The first-order valence-corrected chi connectivity index (χ1v) is 8.53. The monoisotopic (exact) mass is 352 g/mol. The third-order valence-corrected chi connectivity index (χ3v) is 4.65. The minimum Gasteiger partial charge on any atom is -0.377 e. The van der Waals surface area contributed by atoms with Gasteiger partial charge in [0.25, 0.3) is 0 Å². The van der Waals surface area contributed by atoms with E-state index in [4.69, 9.17) is 14.7 Å². The Morgan fingerprint density at radius 3 is 2.85 bits per heavy atom. The van der Waals surface area contributed by atoms with Crippen LogP contribution in [-0.2, 0) is 10.2 Å². The van der Waals surface area contributed by atoms with Gasteiger partial charge in [-0.15, -0.1) is 0 Å². The molecule has 0 radical (unpaired) electrons. The molecule has 4 rings (SSSR count). The summed E-state index contributed by atoms with van der Waals surface area (Å²) < 4.78 is 5.53. The number of rotatable bonds is 3. The zero-order valence-corrected chi connectivity index (χ0v) is 14.9. The maximum absolute atomic E-state index is 9.65. The highest BCUT2D eigenvalue weighted by Gasteiger charge is 2.31. The molecule has 26 heavy (non-hydrogen) atoms. The van der Waals surface area contributed by atoms with Crippen LogP contribution in [0, 0.1) is 11.3 Å². The lowest BCUT2D eigenvalue weighted by Crippen LogP contribution is -2.44. The first kappa shape index (κ1) is 16.5. The van der Waals surface area contributed by atoms with Gasteiger partial charge in [0.05, 0.1) is 42.1 Å². The van der Waals surface area contributed by atoms with Gasteiger partial charge in [-0.2, -0.15) is 15.5 Å². The molecule has 1 saturated heterocycles. The van der Waals surface area contributed by atoms with Crippen LogP contribution in [0.25, 0.3) is 22.4 Å². The normalized spacial score (nSPS) is 18.2. The molecule has 0 spiro atoms. The summed E-state index contributed by atoms with van der Waals surface area (Å²) in [6.07, 6.45) is 1.67. The van der Waals surface area contributed by atoms with Gasteiger partial charge in [0.15, 0.2) is 0 Å². The van der Waals surface area contributed by atoms with Gasteiger partial charge in [0.1, 0.15) is 16.7 Å². The summed E-state index contributed by atoms with van der Waals surface area (Å²) in [6, 6.07) is 4.33. The van der Waals surface area contributed by atoms with Gasteiger partial charge in [0.2, 0.25) is 5.95 Å². The topological polar surface area (TPSA) is 119 Å². The van der Waals surface area contributed by atoms with Crippen molar-refractivity contribution in [1.29, 1.82) is 5.26 Å². The minimum atomic E-state index is -0.800. The number of hydrogen-bond donors (Lipinski definition) is 2. The lowest BCUT2D eigenvalue weighted by atomic mass is 9.90. The number of fused-ring (bicyclic) bond motifs is 1. The Bertz CT molecular complexity index is 969. The number of ether oxygens (including phenoxy) is 1. The second-order valence-corrected chi connectivity index (χ2v) is 6.99. The van der Waals surface area contributed by atoms with Crippen LogP contribution in [0.1, 0.15) is 26.5 Å². The third kappa shape index (κ3) is 2.59. The molecule has 1 aliphatic heterocycles. The molecule has 1 aliphatic rings. The predicted octanol–water partition coefficient (Wildman–Crippen LogP) is 1.77. The molecule has 4 heterocycles. The van der Waals surface area contributed by atoms with E-state index in [9.17, 15) is 5.26 Å². The molecule has 9 nitrogen and oxygen atoms in total. The zero-order valence-electron chi connectivity index (χ0n) is 14.9. The lowest BCUT2D eigenvalue weighted by molar-refractivity contribution is 0.0981. The Morgan fingerprint density at radius 1 is 1.31 bits per heavy atom. The van der Waals surface area contributed by atoms with E-state index in [1.165, 1.54) is 0 Å². The van der Waals surface area contributed by atoms with Crippen molar-refractivity contribution in [3.63, 3.8) is 0 Å². The number of nitrogens with one attached hydrogen (secondary N) is 2. The molecule has 0 bridgehead atoms. The third-order valence-electron chi connectivity index (χ3n) is 4.65. The summed E-state index contributed by atoms with van der Waals surface area (Å²) >= 11 is 0. The van der Waals surface area contributed by atoms with E-state index < -0.39 is 5.41 Å². The van der Waals surface area contributed by atoms with Crippen molar-refractivity contribution >= 4 is 17.0 Å². The number of nitrogens with zero attached hydrogens (tertiary/aromatic N) is 6. The Kier molecular flexibility index (Phi) is 3.85. The number of aromatic nitrogens is 6. The fourth-order valence-corrected chi connectivity index (χ4v) is 3.11. The van der Waals surface area contributed by atoms with Crippen LogP contribution in [0.3, 0.4) is 0 Å². The van der Waals surface area contributed by atoms with Crippen LogP contribution in [-0.4, -0.2) is 56.2 Å². The second-order valence-electron chi connectivity index (χ2n) is 6.99. The van der Waals surface area contributed by atoms with Gasteiger partial charge in [-0.3, -0.25) is 10.2 Å². The first-order valence-electron chi connectivity index (χ1n) is 8.53. The largest absolute Gasteiger partial charge is 0.377 e. The molecule has 0 aromatic carbocycles. The van der Waals surface area contributed by atoms with Crippen LogP contribution in [0.5, 0.6) is 0 Å². The molecule has 134 valence electrons. The number of morpholine rings is 1. The summed E-state index contributed by atoms with van der Waals surface area (Å²) in [7, 11) is 0. The van der Waals surface area contributed by atoms with Crippen LogP contribution in [0.15, 0.2) is 12.3 Å². The second kappa shape index (κ2) is 6.07. The van der Waals surface area contributed by atoms with E-state index >= 15 is 0 Å². The zero-order chi connectivity index (χ0) is 18.3. The lowest BCUT2D eigenvalue weighted by Gasteiger charge is -2.33. The van der Waals surface area contributed by atoms with Crippen molar-refractivity contribution in [1.82, 2.24) is 30.4 Å².